The largest absolute Gasteiger partial charge is 0.452 e. The summed E-state index contributed by atoms with van der Waals surface area (Å²) < 4.78 is 15.1. The zero-order chi connectivity index (χ0) is 24.0. The lowest BCUT2D eigenvalue weighted by atomic mass is 10.0. The molecule has 170 valence electrons. The van der Waals surface area contributed by atoms with Crippen LogP contribution in [0.25, 0.3) is 76.5 Å². The Morgan fingerprint density at radius 2 is 0.750 bits per heavy atom. The fraction of sp³-hybridized carbons (Fsp3) is 0. The van der Waals surface area contributed by atoms with E-state index in [9.17, 15) is 0 Å². The summed E-state index contributed by atoms with van der Waals surface area (Å²) in [5, 5.41) is 11.3. The quantitative estimate of drug-likeness (QED) is 0.177. The zero-order valence-corrected chi connectivity index (χ0v) is 22.0. The second-order valence-corrected chi connectivity index (χ2v) is 11.0. The van der Waals surface area contributed by atoms with E-state index < -0.39 is 0 Å². The first-order valence-corrected chi connectivity index (χ1v) is 13.3. The van der Waals surface area contributed by atoms with E-state index in [2.05, 4.69) is 129 Å². The van der Waals surface area contributed by atoms with Gasteiger partial charge in [-0.1, -0.05) is 80.4 Å². The molecule has 2 aromatic heterocycles. The predicted octanol–water partition coefficient (Wildman–Crippen LogP) is 11.0. The van der Waals surface area contributed by atoms with Crippen molar-refractivity contribution >= 4 is 96.9 Å². The lowest BCUT2D eigenvalue weighted by Crippen LogP contribution is -1.79. The lowest BCUT2D eigenvalue weighted by molar-refractivity contribution is 0.572. The average Bonchev–Trinajstić information content (AvgIpc) is 3.52. The monoisotopic (exact) mass is 590 g/mol. The lowest BCUT2D eigenvalue weighted by Gasteiger charge is -2.05. The molecule has 0 amide bonds. The molecule has 0 unspecified atom stereocenters. The van der Waals surface area contributed by atoms with Crippen molar-refractivity contribution in [2.24, 2.45) is 0 Å². The summed E-state index contributed by atoms with van der Waals surface area (Å²) in [6, 6.07) is 34.0. The summed E-state index contributed by atoms with van der Waals surface area (Å²) in [4.78, 5) is 0. The number of benzene rings is 6. The van der Waals surface area contributed by atoms with Crippen LogP contribution in [-0.2, 0) is 0 Å². The molecule has 0 saturated heterocycles. The maximum Gasteiger partial charge on any atom is 0.170 e. The predicted molar refractivity (Wildman–Crippen MR) is 157 cm³/mol. The molecular formula is C32H16Br2O2. The Kier molecular flexibility index (Phi) is 4.26. The van der Waals surface area contributed by atoms with Crippen molar-refractivity contribution in [3.63, 3.8) is 0 Å². The molecule has 36 heavy (non-hydrogen) atoms. The van der Waals surface area contributed by atoms with E-state index in [0.29, 0.717) is 0 Å². The summed E-state index contributed by atoms with van der Waals surface area (Å²) in [7, 11) is 0. The van der Waals surface area contributed by atoms with Gasteiger partial charge in [-0.25, -0.2) is 0 Å². The van der Waals surface area contributed by atoms with Crippen LogP contribution in [0.3, 0.4) is 0 Å². The minimum Gasteiger partial charge on any atom is -0.452 e. The van der Waals surface area contributed by atoms with Crippen LogP contribution in [0.15, 0.2) is 115 Å². The minimum atomic E-state index is 0.721. The van der Waals surface area contributed by atoms with Crippen molar-refractivity contribution in [1.82, 2.24) is 0 Å². The summed E-state index contributed by atoms with van der Waals surface area (Å²) >= 11 is 7.56. The first-order chi connectivity index (χ1) is 17.6. The van der Waals surface area contributed by atoms with Gasteiger partial charge >= 0.3 is 0 Å². The van der Waals surface area contributed by atoms with Crippen molar-refractivity contribution in [1.29, 1.82) is 0 Å². The van der Waals surface area contributed by atoms with Crippen LogP contribution in [0.4, 0.5) is 0 Å². The summed E-state index contributed by atoms with van der Waals surface area (Å²) in [6.45, 7) is 0. The molecule has 0 aliphatic rings. The smallest absolute Gasteiger partial charge is 0.170 e. The normalized spacial score (nSPS) is 12.2. The number of rotatable bonds is 1. The fourth-order valence-electron chi connectivity index (χ4n) is 5.37. The van der Waals surface area contributed by atoms with Gasteiger partial charge in [-0.3, -0.25) is 0 Å². The maximum atomic E-state index is 6.49. The molecule has 0 aliphatic heterocycles. The molecule has 0 radical (unpaired) electrons. The van der Waals surface area contributed by atoms with E-state index >= 15 is 0 Å². The molecule has 0 fully saturated rings. The number of furan rings is 2. The summed E-state index contributed by atoms with van der Waals surface area (Å²) in [5.74, 6) is 1.44. The Bertz CT molecular complexity index is 2030. The van der Waals surface area contributed by atoms with Gasteiger partial charge < -0.3 is 8.83 Å². The van der Waals surface area contributed by atoms with Gasteiger partial charge in [-0.15, -0.1) is 0 Å². The fourth-order valence-corrected chi connectivity index (χ4v) is 6.52. The first-order valence-electron chi connectivity index (χ1n) is 11.7. The van der Waals surface area contributed by atoms with Crippen LogP contribution >= 0.6 is 31.9 Å². The number of halogens is 2. The summed E-state index contributed by atoms with van der Waals surface area (Å²) in [5.41, 5.74) is 1.73. The van der Waals surface area contributed by atoms with E-state index in [1.54, 1.807) is 0 Å². The standard InChI is InChI=1S/C32H16Br2O2/c33-27-13-21-15-29(35-31(21)25-11-19-7-3-1-5-17(19)9-23(25)27)30-16-22-14-28(34)24-10-18-6-2-4-8-20(18)12-26(24)32(22)36-30/h1-16H. The molecule has 0 atom stereocenters. The van der Waals surface area contributed by atoms with E-state index in [0.717, 1.165) is 63.9 Å². The molecule has 2 heterocycles. The van der Waals surface area contributed by atoms with Crippen molar-refractivity contribution in [3.05, 3.63) is 106 Å². The number of fused-ring (bicyclic) bond motifs is 8. The van der Waals surface area contributed by atoms with Gasteiger partial charge in [0.15, 0.2) is 11.5 Å². The molecule has 8 rings (SSSR count). The van der Waals surface area contributed by atoms with Crippen molar-refractivity contribution in [2.45, 2.75) is 0 Å². The van der Waals surface area contributed by atoms with E-state index in [-0.39, 0.29) is 0 Å². The van der Waals surface area contributed by atoms with E-state index in [1.165, 1.54) is 21.5 Å². The molecule has 0 N–H and O–H groups in total. The number of hydrogen-bond acceptors (Lipinski definition) is 2. The molecule has 2 nitrogen and oxygen atoms in total. The Morgan fingerprint density at radius 1 is 0.389 bits per heavy atom. The Morgan fingerprint density at radius 3 is 1.14 bits per heavy atom. The second-order valence-electron chi connectivity index (χ2n) is 9.26. The topological polar surface area (TPSA) is 26.3 Å². The van der Waals surface area contributed by atoms with Gasteiger partial charge in [0.1, 0.15) is 11.2 Å². The molecule has 6 aromatic carbocycles. The van der Waals surface area contributed by atoms with Crippen LogP contribution < -0.4 is 0 Å². The summed E-state index contributed by atoms with van der Waals surface area (Å²) in [6.07, 6.45) is 0. The molecule has 4 heteroatoms. The molecule has 0 aliphatic carbocycles. The SMILES string of the molecule is Brc1cc2cc(-c3cc4cc(Br)c5cc6ccccc6cc5c4o3)oc2c2cc3ccccc3cc12. The van der Waals surface area contributed by atoms with Crippen molar-refractivity contribution < 1.29 is 8.83 Å². The van der Waals surface area contributed by atoms with Crippen molar-refractivity contribution in [2.75, 3.05) is 0 Å². The highest BCUT2D eigenvalue weighted by Gasteiger charge is 2.18. The number of hydrogen-bond donors (Lipinski definition) is 0. The van der Waals surface area contributed by atoms with Gasteiger partial charge in [0.05, 0.1) is 0 Å². The maximum absolute atomic E-state index is 6.49. The third kappa shape index (κ3) is 2.95. The van der Waals surface area contributed by atoms with Crippen LogP contribution in [0.1, 0.15) is 0 Å². The van der Waals surface area contributed by atoms with Gasteiger partial charge in [0.2, 0.25) is 0 Å². The van der Waals surface area contributed by atoms with Gasteiger partial charge in [0.25, 0.3) is 0 Å². The third-order valence-electron chi connectivity index (χ3n) is 7.10. The Labute approximate surface area is 222 Å². The molecule has 0 saturated carbocycles. The highest BCUT2D eigenvalue weighted by Crippen LogP contribution is 2.42. The zero-order valence-electron chi connectivity index (χ0n) is 18.8. The molecular weight excluding hydrogens is 576 g/mol. The minimum absolute atomic E-state index is 0.721. The van der Waals surface area contributed by atoms with Crippen LogP contribution in [-0.4, -0.2) is 0 Å². The highest BCUT2D eigenvalue weighted by molar-refractivity contribution is 9.11. The third-order valence-corrected chi connectivity index (χ3v) is 8.42. The Balaban J connectivity index is 1.38. The van der Waals surface area contributed by atoms with Gasteiger partial charge in [-0.2, -0.15) is 0 Å². The second kappa shape index (κ2) is 7.45. The first kappa shape index (κ1) is 20.6. The van der Waals surface area contributed by atoms with Gasteiger partial charge in [-0.05, 0) is 70.1 Å². The highest BCUT2D eigenvalue weighted by atomic mass is 79.9. The van der Waals surface area contributed by atoms with Crippen molar-refractivity contribution in [3.8, 4) is 11.5 Å². The average molecular weight is 592 g/mol. The molecule has 0 spiro atoms. The molecule has 8 aromatic rings. The van der Waals surface area contributed by atoms with E-state index in [1.807, 2.05) is 0 Å². The van der Waals surface area contributed by atoms with Crippen LogP contribution in [0, 0.1) is 0 Å². The van der Waals surface area contributed by atoms with Crippen LogP contribution in [0.5, 0.6) is 0 Å². The Hall–Kier alpha value is -3.60. The van der Waals surface area contributed by atoms with Crippen LogP contribution in [0.2, 0.25) is 0 Å². The van der Waals surface area contributed by atoms with E-state index in [4.69, 9.17) is 8.83 Å². The molecule has 0 bridgehead atoms. The van der Waals surface area contributed by atoms with Gasteiger partial charge in [0, 0.05) is 41.3 Å².